The largest absolute Gasteiger partial charge is 0.383 e. The van der Waals surface area contributed by atoms with E-state index in [-0.39, 0.29) is 5.92 Å². The average Bonchev–Trinajstić information content (AvgIpc) is 2.95. The number of H-pyrrole nitrogens is 1. The minimum atomic E-state index is 0.160. The van der Waals surface area contributed by atoms with Gasteiger partial charge in [0, 0.05) is 23.4 Å². The molecule has 0 spiro atoms. The summed E-state index contributed by atoms with van der Waals surface area (Å²) in [4.78, 5) is 3.61. The van der Waals surface area contributed by atoms with E-state index < -0.39 is 0 Å². The molecule has 0 fully saturated rings. The van der Waals surface area contributed by atoms with E-state index >= 15 is 0 Å². The summed E-state index contributed by atoms with van der Waals surface area (Å²) in [5, 5.41) is 4.89. The van der Waals surface area contributed by atoms with Crippen LogP contribution in [0.3, 0.4) is 0 Å². The molecule has 2 aromatic carbocycles. The van der Waals surface area contributed by atoms with Crippen molar-refractivity contribution in [1.29, 1.82) is 0 Å². The predicted molar refractivity (Wildman–Crippen MR) is 100 cm³/mol. The van der Waals surface area contributed by atoms with Crippen LogP contribution in [0, 0.1) is 0 Å². The third-order valence-electron chi connectivity index (χ3n) is 4.27. The van der Waals surface area contributed by atoms with Crippen LogP contribution < -0.4 is 5.32 Å². The highest BCUT2D eigenvalue weighted by Crippen LogP contribution is 2.36. The van der Waals surface area contributed by atoms with Crippen molar-refractivity contribution < 1.29 is 0 Å². The number of nitrogens with one attached hydrogen (secondary N) is 2. The molecule has 1 atom stereocenters. The van der Waals surface area contributed by atoms with Gasteiger partial charge >= 0.3 is 0 Å². The number of hydrogen-bond donors (Lipinski definition) is 2. The van der Waals surface area contributed by atoms with Crippen LogP contribution in [0.5, 0.6) is 0 Å². The van der Waals surface area contributed by atoms with Gasteiger partial charge in [-0.05, 0) is 18.1 Å². The van der Waals surface area contributed by atoms with Crippen molar-refractivity contribution in [3.8, 4) is 0 Å². The van der Waals surface area contributed by atoms with E-state index in [1.807, 2.05) is 6.08 Å². The minimum Gasteiger partial charge on any atom is -0.383 e. The summed E-state index contributed by atoms with van der Waals surface area (Å²) < 4.78 is 0. The minimum absolute atomic E-state index is 0.160. The summed E-state index contributed by atoms with van der Waals surface area (Å²) in [6, 6.07) is 19.0. The second-order valence-corrected chi connectivity index (χ2v) is 5.86. The summed E-state index contributed by atoms with van der Waals surface area (Å²) in [5.41, 5.74) is 4.84. The van der Waals surface area contributed by atoms with Crippen molar-refractivity contribution in [3.63, 3.8) is 0 Å². The second-order valence-electron chi connectivity index (χ2n) is 5.86. The Balaban J connectivity index is 2.07. The van der Waals surface area contributed by atoms with E-state index in [1.54, 1.807) is 0 Å². The lowest BCUT2D eigenvalue weighted by molar-refractivity contribution is 0.832. The Kier molecular flexibility index (Phi) is 4.82. The highest BCUT2D eigenvalue weighted by atomic mass is 14.9. The number of aromatic nitrogens is 1. The Hall–Kier alpha value is -2.48. The van der Waals surface area contributed by atoms with Crippen molar-refractivity contribution >= 4 is 16.6 Å². The first-order valence-corrected chi connectivity index (χ1v) is 8.37. The summed E-state index contributed by atoms with van der Waals surface area (Å²) in [7, 11) is 0. The van der Waals surface area contributed by atoms with Gasteiger partial charge in [0.25, 0.3) is 0 Å². The van der Waals surface area contributed by atoms with Crippen molar-refractivity contribution in [3.05, 3.63) is 78.5 Å². The maximum Gasteiger partial charge on any atom is 0.0640 e. The molecule has 0 bridgehead atoms. The molecule has 0 aliphatic rings. The molecule has 0 aliphatic carbocycles. The molecule has 0 amide bonds. The summed E-state index contributed by atoms with van der Waals surface area (Å²) in [5.74, 6) is 0.160. The number of para-hydroxylation sites is 1. The third-order valence-corrected chi connectivity index (χ3v) is 4.27. The van der Waals surface area contributed by atoms with Gasteiger partial charge in [-0.3, -0.25) is 0 Å². The molecule has 2 heteroatoms. The zero-order chi connectivity index (χ0) is 16.1. The van der Waals surface area contributed by atoms with Gasteiger partial charge in [-0.1, -0.05) is 68.0 Å². The van der Waals surface area contributed by atoms with Crippen LogP contribution in [-0.2, 0) is 0 Å². The van der Waals surface area contributed by atoms with Crippen LogP contribution in [0.1, 0.15) is 36.9 Å². The Labute approximate surface area is 138 Å². The molecule has 2 N–H and O–H groups in total. The Morgan fingerprint density at radius 3 is 2.57 bits per heavy atom. The fraction of sp³-hybridized carbons (Fsp3) is 0.238. The molecule has 0 radical (unpaired) electrons. The standard InChI is InChI=1S/C21H24N2/c1-3-5-15-22-20-18-13-9-10-14-19(18)23-21(20)17(4-2)16-11-7-6-8-12-16/h4,6-14,17,22-23H,2-3,5,15H2,1H3/t17-/m1/s1. The smallest absolute Gasteiger partial charge is 0.0640 e. The second kappa shape index (κ2) is 7.19. The van der Waals surface area contributed by atoms with Gasteiger partial charge in [-0.15, -0.1) is 6.58 Å². The van der Waals surface area contributed by atoms with Gasteiger partial charge in [0.2, 0.25) is 0 Å². The lowest BCUT2D eigenvalue weighted by Crippen LogP contribution is -2.06. The molecule has 2 nitrogen and oxygen atoms in total. The molecular formula is C21H24N2. The SMILES string of the molecule is C=C[C@H](c1ccccc1)c1[nH]c2ccccc2c1NCCCC. The van der Waals surface area contributed by atoms with Crippen LogP contribution >= 0.6 is 0 Å². The molecule has 0 saturated carbocycles. The van der Waals surface area contributed by atoms with Gasteiger partial charge in [-0.25, -0.2) is 0 Å². The van der Waals surface area contributed by atoms with E-state index in [9.17, 15) is 0 Å². The number of anilines is 1. The van der Waals surface area contributed by atoms with E-state index in [4.69, 9.17) is 0 Å². The third kappa shape index (κ3) is 3.16. The fourth-order valence-electron chi connectivity index (χ4n) is 3.06. The fourth-order valence-corrected chi connectivity index (χ4v) is 3.06. The van der Waals surface area contributed by atoms with Crippen molar-refractivity contribution in [2.45, 2.75) is 25.7 Å². The summed E-state index contributed by atoms with van der Waals surface area (Å²) >= 11 is 0. The van der Waals surface area contributed by atoms with E-state index in [0.29, 0.717) is 0 Å². The number of rotatable bonds is 7. The Morgan fingerprint density at radius 2 is 1.83 bits per heavy atom. The summed E-state index contributed by atoms with van der Waals surface area (Å²) in [6.07, 6.45) is 4.38. The summed E-state index contributed by atoms with van der Waals surface area (Å²) in [6.45, 7) is 7.28. The van der Waals surface area contributed by atoms with Crippen molar-refractivity contribution in [2.24, 2.45) is 0 Å². The Bertz CT molecular complexity index is 771. The molecule has 23 heavy (non-hydrogen) atoms. The van der Waals surface area contributed by atoms with Crippen LogP contribution in [0.4, 0.5) is 5.69 Å². The van der Waals surface area contributed by atoms with Gasteiger partial charge < -0.3 is 10.3 Å². The molecule has 0 saturated heterocycles. The number of benzene rings is 2. The molecule has 3 rings (SSSR count). The van der Waals surface area contributed by atoms with Crippen LogP contribution in [0.25, 0.3) is 10.9 Å². The van der Waals surface area contributed by atoms with Crippen molar-refractivity contribution in [2.75, 3.05) is 11.9 Å². The number of aromatic amines is 1. The Morgan fingerprint density at radius 1 is 1.09 bits per heavy atom. The quantitative estimate of drug-likeness (QED) is 0.425. The van der Waals surface area contributed by atoms with E-state index in [1.165, 1.54) is 40.7 Å². The van der Waals surface area contributed by atoms with Gasteiger partial charge in [0.05, 0.1) is 11.4 Å². The number of hydrogen-bond acceptors (Lipinski definition) is 1. The topological polar surface area (TPSA) is 27.8 Å². The highest BCUT2D eigenvalue weighted by molar-refractivity contribution is 5.95. The highest BCUT2D eigenvalue weighted by Gasteiger charge is 2.19. The lowest BCUT2D eigenvalue weighted by Gasteiger charge is -2.15. The van der Waals surface area contributed by atoms with Gasteiger partial charge in [0.1, 0.15) is 0 Å². The monoisotopic (exact) mass is 304 g/mol. The zero-order valence-corrected chi connectivity index (χ0v) is 13.7. The molecular weight excluding hydrogens is 280 g/mol. The van der Waals surface area contributed by atoms with Crippen LogP contribution in [-0.4, -0.2) is 11.5 Å². The molecule has 1 heterocycles. The number of fused-ring (bicyclic) bond motifs is 1. The number of allylic oxidation sites excluding steroid dienone is 1. The first kappa shape index (κ1) is 15.4. The van der Waals surface area contributed by atoms with E-state index in [0.717, 1.165) is 6.54 Å². The zero-order valence-electron chi connectivity index (χ0n) is 13.7. The molecule has 0 aliphatic heterocycles. The first-order valence-electron chi connectivity index (χ1n) is 8.37. The van der Waals surface area contributed by atoms with Gasteiger partial charge in [0.15, 0.2) is 0 Å². The molecule has 3 aromatic rings. The maximum absolute atomic E-state index is 4.07. The lowest BCUT2D eigenvalue weighted by atomic mass is 9.94. The maximum atomic E-state index is 4.07. The average molecular weight is 304 g/mol. The van der Waals surface area contributed by atoms with Crippen LogP contribution in [0.15, 0.2) is 67.3 Å². The molecule has 0 unspecified atom stereocenters. The first-order chi connectivity index (χ1) is 11.3. The van der Waals surface area contributed by atoms with E-state index in [2.05, 4.69) is 78.4 Å². The van der Waals surface area contributed by atoms with Crippen molar-refractivity contribution in [1.82, 2.24) is 4.98 Å². The molecule has 118 valence electrons. The van der Waals surface area contributed by atoms with Crippen LogP contribution in [0.2, 0.25) is 0 Å². The predicted octanol–water partition coefficient (Wildman–Crippen LogP) is 5.70. The molecule has 1 aromatic heterocycles. The number of unbranched alkanes of at least 4 members (excludes halogenated alkanes) is 1. The van der Waals surface area contributed by atoms with Gasteiger partial charge in [-0.2, -0.15) is 0 Å². The normalized spacial score (nSPS) is 12.2.